The summed E-state index contributed by atoms with van der Waals surface area (Å²) in [5, 5.41) is 0. The fraction of sp³-hybridized carbons (Fsp3) is 0.588. The van der Waals surface area contributed by atoms with Gasteiger partial charge in [-0.3, -0.25) is 4.79 Å². The molecule has 0 bridgehead atoms. The summed E-state index contributed by atoms with van der Waals surface area (Å²) in [4.78, 5) is 13.9. The predicted octanol–water partition coefficient (Wildman–Crippen LogP) is 1.42. The van der Waals surface area contributed by atoms with E-state index in [2.05, 4.69) is 10.8 Å². The van der Waals surface area contributed by atoms with Crippen LogP contribution in [-0.2, 0) is 21.2 Å². The van der Waals surface area contributed by atoms with Crippen molar-refractivity contribution in [1.29, 1.82) is 0 Å². The average molecular weight is 354 g/mol. The molecular formula is C17H26N2O4S. The molecule has 0 unspecified atom stereocenters. The van der Waals surface area contributed by atoms with Crippen molar-refractivity contribution in [3.05, 3.63) is 29.8 Å². The van der Waals surface area contributed by atoms with E-state index in [0.717, 1.165) is 37.7 Å². The van der Waals surface area contributed by atoms with Crippen molar-refractivity contribution in [3.8, 4) is 5.75 Å². The van der Waals surface area contributed by atoms with Crippen LogP contribution in [0.25, 0.3) is 0 Å². The van der Waals surface area contributed by atoms with E-state index in [1.54, 1.807) is 12.0 Å². The van der Waals surface area contributed by atoms with Crippen LogP contribution >= 0.6 is 0 Å². The van der Waals surface area contributed by atoms with Gasteiger partial charge >= 0.3 is 0 Å². The second kappa shape index (κ2) is 8.48. The minimum absolute atomic E-state index is 0.147. The van der Waals surface area contributed by atoms with Crippen LogP contribution in [-0.4, -0.2) is 52.2 Å². The maximum Gasteiger partial charge on any atom is 0.237 e. The molecule has 1 amide bonds. The average Bonchev–Trinajstić information content (AvgIpc) is 2.57. The highest BCUT2D eigenvalue weighted by Gasteiger charge is 2.23. The molecule has 2 rings (SSSR count). The fourth-order valence-corrected chi connectivity index (χ4v) is 3.42. The number of ether oxygens (including phenoxy) is 1. The first kappa shape index (κ1) is 18.7. The third kappa shape index (κ3) is 6.13. The Morgan fingerprint density at radius 2 is 2.21 bits per heavy atom. The van der Waals surface area contributed by atoms with Crippen LogP contribution in [0.2, 0.25) is 0 Å². The highest BCUT2D eigenvalue weighted by Crippen LogP contribution is 2.23. The fourth-order valence-electron chi connectivity index (χ4n) is 3.03. The Bertz CT molecular complexity index is 660. The van der Waals surface area contributed by atoms with E-state index < -0.39 is 10.0 Å². The molecule has 0 spiro atoms. The Kier molecular flexibility index (Phi) is 6.62. The summed E-state index contributed by atoms with van der Waals surface area (Å²) in [6.07, 6.45) is 5.09. The van der Waals surface area contributed by atoms with Gasteiger partial charge in [0.25, 0.3) is 0 Å². The number of likely N-dealkylation sites (tertiary alicyclic amines) is 1. The van der Waals surface area contributed by atoms with E-state index in [9.17, 15) is 13.2 Å². The Balaban J connectivity index is 1.83. The molecule has 1 aliphatic rings. The molecule has 24 heavy (non-hydrogen) atoms. The molecule has 1 atom stereocenters. The number of carbonyl (C=O) groups is 1. The number of rotatable bonds is 7. The molecule has 1 aliphatic heterocycles. The molecule has 0 radical (unpaired) electrons. The van der Waals surface area contributed by atoms with Crippen molar-refractivity contribution < 1.29 is 17.9 Å². The number of aryl methyl sites for hydroxylation is 1. The number of carbonyl (C=O) groups excluding carboxylic acids is 1. The van der Waals surface area contributed by atoms with Gasteiger partial charge in [0, 0.05) is 13.1 Å². The van der Waals surface area contributed by atoms with Gasteiger partial charge in [0.1, 0.15) is 5.75 Å². The molecule has 1 saturated heterocycles. The smallest absolute Gasteiger partial charge is 0.237 e. The van der Waals surface area contributed by atoms with Gasteiger partial charge in [0.15, 0.2) is 0 Å². The highest BCUT2D eigenvalue weighted by molar-refractivity contribution is 7.88. The molecule has 134 valence electrons. The number of methoxy groups -OCH3 is 1. The Labute approximate surface area is 144 Å². The number of hydrogen-bond donors (Lipinski definition) is 1. The lowest BCUT2D eigenvalue weighted by Crippen LogP contribution is -2.44. The topological polar surface area (TPSA) is 75.7 Å². The molecule has 1 aromatic rings. The molecule has 0 aliphatic carbocycles. The molecule has 0 saturated carbocycles. The summed E-state index contributed by atoms with van der Waals surface area (Å²) in [6, 6.07) is 8.05. The van der Waals surface area contributed by atoms with Crippen LogP contribution in [0, 0.1) is 5.92 Å². The van der Waals surface area contributed by atoms with Gasteiger partial charge < -0.3 is 9.64 Å². The third-order valence-electron chi connectivity index (χ3n) is 4.33. The van der Waals surface area contributed by atoms with Crippen molar-refractivity contribution in [2.45, 2.75) is 25.7 Å². The molecule has 1 fully saturated rings. The number of sulfonamides is 1. The normalized spacial score (nSPS) is 18.4. The SMILES string of the molecule is COc1cccc(CC[C@@H]2CCCN(C(=O)CNS(C)(=O)=O)C2)c1. The van der Waals surface area contributed by atoms with Crippen molar-refractivity contribution in [1.82, 2.24) is 9.62 Å². The van der Waals surface area contributed by atoms with Crippen LogP contribution < -0.4 is 9.46 Å². The minimum Gasteiger partial charge on any atom is -0.497 e. The van der Waals surface area contributed by atoms with E-state index in [1.165, 1.54) is 5.56 Å². The Morgan fingerprint density at radius 3 is 2.92 bits per heavy atom. The molecule has 0 aromatic heterocycles. The number of amides is 1. The first-order valence-electron chi connectivity index (χ1n) is 8.23. The van der Waals surface area contributed by atoms with Crippen molar-refractivity contribution in [3.63, 3.8) is 0 Å². The standard InChI is InChI=1S/C17H26N2O4S/c1-23-16-7-3-5-14(11-16)8-9-15-6-4-10-19(13-15)17(20)12-18-24(2,21)22/h3,5,7,11,15,18H,4,6,8-10,12-13H2,1-2H3/t15-/m0/s1. The van der Waals surface area contributed by atoms with Gasteiger partial charge in [-0.25, -0.2) is 13.1 Å². The lowest BCUT2D eigenvalue weighted by atomic mass is 9.91. The largest absolute Gasteiger partial charge is 0.497 e. The quantitative estimate of drug-likeness (QED) is 0.803. The number of benzene rings is 1. The van der Waals surface area contributed by atoms with E-state index in [4.69, 9.17) is 4.74 Å². The molecule has 1 heterocycles. The summed E-state index contributed by atoms with van der Waals surface area (Å²) in [6.45, 7) is 1.26. The summed E-state index contributed by atoms with van der Waals surface area (Å²) in [5.41, 5.74) is 1.23. The number of hydrogen-bond acceptors (Lipinski definition) is 4. The lowest BCUT2D eigenvalue weighted by molar-refractivity contribution is -0.131. The van der Waals surface area contributed by atoms with Crippen LogP contribution in [0.1, 0.15) is 24.8 Å². The van der Waals surface area contributed by atoms with Crippen LogP contribution in [0.15, 0.2) is 24.3 Å². The van der Waals surface area contributed by atoms with Gasteiger partial charge in [-0.05, 0) is 49.3 Å². The zero-order valence-corrected chi connectivity index (χ0v) is 15.1. The first-order valence-corrected chi connectivity index (χ1v) is 10.1. The molecule has 1 aromatic carbocycles. The molecule has 1 N–H and O–H groups in total. The van der Waals surface area contributed by atoms with Crippen molar-refractivity contribution in [2.75, 3.05) is 33.0 Å². The predicted molar refractivity (Wildman–Crippen MR) is 93.5 cm³/mol. The second-order valence-electron chi connectivity index (χ2n) is 6.33. The highest BCUT2D eigenvalue weighted by atomic mass is 32.2. The van der Waals surface area contributed by atoms with E-state index >= 15 is 0 Å². The van der Waals surface area contributed by atoms with E-state index in [1.807, 2.05) is 18.2 Å². The van der Waals surface area contributed by atoms with Crippen molar-refractivity contribution >= 4 is 15.9 Å². The molecular weight excluding hydrogens is 328 g/mol. The summed E-state index contributed by atoms with van der Waals surface area (Å²) < 4.78 is 29.7. The zero-order chi connectivity index (χ0) is 17.6. The molecule has 6 nitrogen and oxygen atoms in total. The van der Waals surface area contributed by atoms with Gasteiger partial charge in [0.05, 0.1) is 19.9 Å². The number of piperidine rings is 1. The number of nitrogens with one attached hydrogen (secondary N) is 1. The minimum atomic E-state index is -3.33. The van der Waals surface area contributed by atoms with Gasteiger partial charge in [0.2, 0.25) is 15.9 Å². The maximum atomic E-state index is 12.1. The zero-order valence-electron chi connectivity index (χ0n) is 14.3. The van der Waals surface area contributed by atoms with Crippen LogP contribution in [0.4, 0.5) is 0 Å². The Morgan fingerprint density at radius 1 is 1.42 bits per heavy atom. The summed E-state index contributed by atoms with van der Waals surface area (Å²) in [5.74, 6) is 1.17. The van der Waals surface area contributed by atoms with E-state index in [-0.39, 0.29) is 12.5 Å². The lowest BCUT2D eigenvalue weighted by Gasteiger charge is -2.33. The van der Waals surface area contributed by atoms with Gasteiger partial charge in [-0.2, -0.15) is 0 Å². The van der Waals surface area contributed by atoms with Crippen molar-refractivity contribution in [2.24, 2.45) is 5.92 Å². The second-order valence-corrected chi connectivity index (χ2v) is 8.16. The summed E-state index contributed by atoms with van der Waals surface area (Å²) >= 11 is 0. The van der Waals surface area contributed by atoms with Crippen LogP contribution in [0.5, 0.6) is 5.75 Å². The van der Waals surface area contributed by atoms with Crippen LogP contribution in [0.3, 0.4) is 0 Å². The number of nitrogens with zero attached hydrogens (tertiary/aromatic N) is 1. The maximum absolute atomic E-state index is 12.1. The van der Waals surface area contributed by atoms with Gasteiger partial charge in [-0.1, -0.05) is 12.1 Å². The first-order chi connectivity index (χ1) is 11.4. The van der Waals surface area contributed by atoms with E-state index in [0.29, 0.717) is 19.0 Å². The third-order valence-corrected chi connectivity index (χ3v) is 5.00. The molecule has 7 heteroatoms. The monoisotopic (exact) mass is 354 g/mol. The summed E-state index contributed by atoms with van der Waals surface area (Å²) in [7, 11) is -1.67. The Hall–Kier alpha value is -1.60. The van der Waals surface area contributed by atoms with Gasteiger partial charge in [-0.15, -0.1) is 0 Å².